The van der Waals surface area contributed by atoms with E-state index in [1.165, 1.54) is 56.9 Å². The predicted molar refractivity (Wildman–Crippen MR) is 202 cm³/mol. The monoisotopic (exact) mass is 678 g/mol. The van der Waals surface area contributed by atoms with E-state index in [2.05, 4.69) is 46.9 Å². The topological polar surface area (TPSA) is 73.9 Å². The Morgan fingerprint density at radius 3 is 2.04 bits per heavy atom. The van der Waals surface area contributed by atoms with Crippen molar-refractivity contribution in [2.45, 2.75) is 158 Å². The molecule has 1 aliphatic rings. The maximum atomic E-state index is 13.7. The van der Waals surface area contributed by atoms with Crippen molar-refractivity contribution in [3.63, 3.8) is 0 Å². The largest absolute Gasteiger partial charge is 0.492 e. The van der Waals surface area contributed by atoms with Gasteiger partial charge in [0.05, 0.1) is 6.61 Å². The number of carbonyl (C=O) groups is 2. The van der Waals surface area contributed by atoms with Crippen LogP contribution in [0.4, 0.5) is 4.79 Å². The molecule has 0 saturated carbocycles. The van der Waals surface area contributed by atoms with Crippen molar-refractivity contribution < 1.29 is 23.8 Å². The van der Waals surface area contributed by atoms with Crippen LogP contribution in [0.25, 0.3) is 0 Å². The number of fused-ring (bicyclic) bond motifs is 1. The highest BCUT2D eigenvalue weighted by Gasteiger charge is 2.35. The number of carbonyl (C=O) groups excluding carboxylic acids is 2. The molecule has 4 atom stereocenters. The molecule has 2 aromatic rings. The summed E-state index contributed by atoms with van der Waals surface area (Å²) in [7, 11) is 0. The van der Waals surface area contributed by atoms with Gasteiger partial charge in [0, 0.05) is 17.4 Å². The molecule has 1 heterocycles. The van der Waals surface area contributed by atoms with E-state index in [9.17, 15) is 9.59 Å². The molecule has 0 fully saturated rings. The van der Waals surface area contributed by atoms with E-state index in [0.717, 1.165) is 58.6 Å². The van der Waals surface area contributed by atoms with Crippen LogP contribution >= 0.6 is 0 Å². The van der Waals surface area contributed by atoms with Crippen LogP contribution < -0.4 is 14.8 Å². The van der Waals surface area contributed by atoms with Crippen LogP contribution in [0, 0.1) is 43.9 Å². The molecule has 6 heteroatoms. The second kappa shape index (κ2) is 18.3. The second-order valence-corrected chi connectivity index (χ2v) is 17.0. The lowest BCUT2D eigenvalue weighted by molar-refractivity contribution is -0.136. The average Bonchev–Trinajstić information content (AvgIpc) is 3.01. The zero-order valence-corrected chi connectivity index (χ0v) is 32.7. The molecule has 0 saturated heterocycles. The summed E-state index contributed by atoms with van der Waals surface area (Å²) >= 11 is 0. The minimum absolute atomic E-state index is 0.0671. The fourth-order valence-electron chi connectivity index (χ4n) is 7.14. The quantitative estimate of drug-likeness (QED) is 0.133. The standard InChI is InChI=1S/C43H67NO5/c1-29(2)18-15-19-30(3)20-16-21-31(4)22-17-25-43(11)27-36-32(5)33(6)38(34(7)39(36)47-28-43)48-40(45)37(26-35-23-13-12-14-24-35)44-41(46)49-42(8,9)10/h12-14,23-24,29-31,37H,15-22,25-28H2,1-11H3,(H,44,46)/t30-,31-,37+,43+/m0/s1. The first-order valence-corrected chi connectivity index (χ1v) is 19.0. The van der Waals surface area contributed by atoms with Gasteiger partial charge in [0.15, 0.2) is 0 Å². The summed E-state index contributed by atoms with van der Waals surface area (Å²) in [6, 6.07) is 8.69. The number of benzene rings is 2. The Bertz CT molecular complexity index is 1360. The molecule has 0 radical (unpaired) electrons. The minimum Gasteiger partial charge on any atom is -0.492 e. The number of rotatable bonds is 17. The van der Waals surface area contributed by atoms with E-state index >= 15 is 0 Å². The lowest BCUT2D eigenvalue weighted by Gasteiger charge is -2.37. The molecule has 1 N–H and O–H groups in total. The first-order valence-electron chi connectivity index (χ1n) is 19.0. The van der Waals surface area contributed by atoms with Gasteiger partial charge in [0.1, 0.15) is 23.1 Å². The Morgan fingerprint density at radius 2 is 1.45 bits per heavy atom. The molecule has 0 aliphatic carbocycles. The van der Waals surface area contributed by atoms with Crippen LogP contribution in [-0.4, -0.2) is 30.3 Å². The van der Waals surface area contributed by atoms with Crippen LogP contribution in [0.2, 0.25) is 0 Å². The predicted octanol–water partition coefficient (Wildman–Crippen LogP) is 11.0. The number of amides is 1. The molecule has 274 valence electrons. The first kappa shape index (κ1) is 40.4. The van der Waals surface area contributed by atoms with Gasteiger partial charge in [-0.05, 0) is 94.4 Å². The first-order chi connectivity index (χ1) is 23.0. The van der Waals surface area contributed by atoms with Crippen LogP contribution in [-0.2, 0) is 22.4 Å². The van der Waals surface area contributed by atoms with Crippen molar-refractivity contribution in [2.75, 3.05) is 6.61 Å². The van der Waals surface area contributed by atoms with Crippen LogP contribution in [0.5, 0.6) is 11.5 Å². The molecule has 0 bridgehead atoms. The van der Waals surface area contributed by atoms with Crippen molar-refractivity contribution >= 4 is 12.1 Å². The Morgan fingerprint density at radius 1 is 0.857 bits per heavy atom. The zero-order chi connectivity index (χ0) is 36.4. The van der Waals surface area contributed by atoms with Gasteiger partial charge in [-0.2, -0.15) is 0 Å². The lowest BCUT2D eigenvalue weighted by Crippen LogP contribution is -2.46. The Balaban J connectivity index is 1.62. The molecule has 2 aromatic carbocycles. The average molecular weight is 678 g/mol. The van der Waals surface area contributed by atoms with Gasteiger partial charge in [-0.3, -0.25) is 0 Å². The van der Waals surface area contributed by atoms with Crippen LogP contribution in [0.3, 0.4) is 0 Å². The normalized spacial score (nSPS) is 17.9. The van der Waals surface area contributed by atoms with Gasteiger partial charge < -0.3 is 19.5 Å². The molecule has 0 spiro atoms. The highest BCUT2D eigenvalue weighted by atomic mass is 16.6. The van der Waals surface area contributed by atoms with Gasteiger partial charge in [0.2, 0.25) is 0 Å². The van der Waals surface area contributed by atoms with Crippen molar-refractivity contribution in [1.82, 2.24) is 5.32 Å². The van der Waals surface area contributed by atoms with E-state index in [1.54, 1.807) is 20.8 Å². The van der Waals surface area contributed by atoms with E-state index < -0.39 is 23.7 Å². The van der Waals surface area contributed by atoms with Crippen molar-refractivity contribution in [1.29, 1.82) is 0 Å². The summed E-state index contributed by atoms with van der Waals surface area (Å²) in [5.74, 6) is 3.22. The number of alkyl carbamates (subject to hydrolysis) is 1. The van der Waals surface area contributed by atoms with E-state index in [1.807, 2.05) is 44.2 Å². The SMILES string of the molecule is Cc1c(C)c(OC(=O)[C@@H](Cc2ccccc2)NC(=O)OC(C)(C)C)c(C)c2c1C[C@@](C)(CCC[C@@H](C)CCC[C@@H](C)CCCC(C)C)CO2. The summed E-state index contributed by atoms with van der Waals surface area (Å²) in [4.78, 5) is 26.4. The number of nitrogens with one attached hydrogen (secondary N) is 1. The Kier molecular flexibility index (Phi) is 15.1. The summed E-state index contributed by atoms with van der Waals surface area (Å²) in [5, 5.41) is 2.76. The minimum atomic E-state index is -0.919. The Hall–Kier alpha value is -3.02. The van der Waals surface area contributed by atoms with Crippen LogP contribution in [0.15, 0.2) is 30.3 Å². The van der Waals surface area contributed by atoms with Crippen LogP contribution in [0.1, 0.15) is 141 Å². The van der Waals surface area contributed by atoms with E-state index in [-0.39, 0.29) is 11.8 Å². The van der Waals surface area contributed by atoms with Gasteiger partial charge in [-0.25, -0.2) is 9.59 Å². The third kappa shape index (κ3) is 13.0. The van der Waals surface area contributed by atoms with Gasteiger partial charge in [-0.15, -0.1) is 0 Å². The number of hydrogen-bond donors (Lipinski definition) is 1. The van der Waals surface area contributed by atoms with E-state index in [4.69, 9.17) is 14.2 Å². The molecular formula is C43H67NO5. The smallest absolute Gasteiger partial charge is 0.408 e. The van der Waals surface area contributed by atoms with Gasteiger partial charge in [-0.1, -0.05) is 116 Å². The fourth-order valence-corrected chi connectivity index (χ4v) is 7.14. The molecule has 0 aromatic heterocycles. The Labute approximate surface area is 298 Å². The number of ether oxygens (including phenoxy) is 3. The summed E-state index contributed by atoms with van der Waals surface area (Å²) in [6.45, 7) is 24.0. The fraction of sp³-hybridized carbons (Fsp3) is 0.674. The summed E-state index contributed by atoms with van der Waals surface area (Å²) in [5.41, 5.74) is 4.37. The van der Waals surface area contributed by atoms with Crippen molar-refractivity contribution in [2.24, 2.45) is 23.2 Å². The van der Waals surface area contributed by atoms with Crippen molar-refractivity contribution in [3.8, 4) is 11.5 Å². The highest BCUT2D eigenvalue weighted by Crippen LogP contribution is 2.46. The molecule has 3 rings (SSSR count). The molecule has 49 heavy (non-hydrogen) atoms. The molecule has 1 amide bonds. The van der Waals surface area contributed by atoms with E-state index in [0.29, 0.717) is 12.4 Å². The number of hydrogen-bond acceptors (Lipinski definition) is 5. The summed E-state index contributed by atoms with van der Waals surface area (Å²) < 4.78 is 18.1. The molecule has 0 unspecified atom stereocenters. The van der Waals surface area contributed by atoms with Gasteiger partial charge >= 0.3 is 12.1 Å². The number of esters is 1. The molecule has 1 aliphatic heterocycles. The second-order valence-electron chi connectivity index (χ2n) is 17.0. The maximum absolute atomic E-state index is 13.7. The third-order valence-corrected chi connectivity index (χ3v) is 10.3. The van der Waals surface area contributed by atoms with Gasteiger partial charge in [0.25, 0.3) is 0 Å². The third-order valence-electron chi connectivity index (χ3n) is 10.3. The molecule has 6 nitrogen and oxygen atoms in total. The van der Waals surface area contributed by atoms with Crippen molar-refractivity contribution in [3.05, 3.63) is 58.1 Å². The molecular weight excluding hydrogens is 610 g/mol. The summed E-state index contributed by atoms with van der Waals surface area (Å²) in [6.07, 6.45) is 12.3. The maximum Gasteiger partial charge on any atom is 0.408 e. The highest BCUT2D eigenvalue weighted by molar-refractivity contribution is 5.84. The zero-order valence-electron chi connectivity index (χ0n) is 32.7. The lowest BCUT2D eigenvalue weighted by atomic mass is 9.75.